The number of nitrogens with one attached hydrogen (secondary N) is 1. The summed E-state index contributed by atoms with van der Waals surface area (Å²) in [6, 6.07) is 13.3. The number of carbonyl (C=O) groups excluding carboxylic acids is 2. The minimum atomic E-state index is -3.56. The Kier molecular flexibility index (Phi) is 9.02. The molecule has 0 radical (unpaired) electrons. The Labute approximate surface area is 183 Å². The summed E-state index contributed by atoms with van der Waals surface area (Å²) in [7, 11) is -3.56. The summed E-state index contributed by atoms with van der Waals surface area (Å²) in [4.78, 5) is 23.9. The normalized spacial score (nSPS) is 11.2. The molecule has 0 fully saturated rings. The molecule has 0 bridgehead atoms. The maximum absolute atomic E-state index is 12.5. The first-order chi connectivity index (χ1) is 14.8. The molecule has 0 saturated carbocycles. The number of sulfonamides is 1. The van der Waals surface area contributed by atoms with Crippen LogP contribution in [0.15, 0.2) is 53.4 Å². The van der Waals surface area contributed by atoms with Crippen molar-refractivity contribution in [3.05, 3.63) is 54.1 Å². The van der Waals surface area contributed by atoms with Crippen molar-refractivity contribution in [2.24, 2.45) is 0 Å². The maximum Gasteiger partial charge on any atom is 0.309 e. The van der Waals surface area contributed by atoms with Gasteiger partial charge < -0.3 is 14.8 Å². The fourth-order valence-corrected chi connectivity index (χ4v) is 4.26. The zero-order valence-corrected chi connectivity index (χ0v) is 18.8. The van der Waals surface area contributed by atoms with Gasteiger partial charge in [-0.05, 0) is 42.8 Å². The molecule has 1 N–H and O–H groups in total. The van der Waals surface area contributed by atoms with Crippen molar-refractivity contribution >= 4 is 27.6 Å². The second-order valence-corrected chi connectivity index (χ2v) is 8.62. The highest BCUT2D eigenvalue weighted by Crippen LogP contribution is 2.18. The van der Waals surface area contributed by atoms with Gasteiger partial charge in [0, 0.05) is 18.8 Å². The van der Waals surface area contributed by atoms with Gasteiger partial charge in [-0.1, -0.05) is 32.0 Å². The van der Waals surface area contributed by atoms with E-state index in [0.29, 0.717) is 24.5 Å². The van der Waals surface area contributed by atoms with Crippen LogP contribution < -0.4 is 10.1 Å². The molecule has 2 aromatic carbocycles. The average molecular weight is 449 g/mol. The summed E-state index contributed by atoms with van der Waals surface area (Å²) in [5, 5.41) is 2.57. The number of hydrogen-bond acceptors (Lipinski definition) is 6. The lowest BCUT2D eigenvalue weighted by Gasteiger charge is -2.18. The monoisotopic (exact) mass is 448 g/mol. The largest absolute Gasteiger partial charge is 0.493 e. The summed E-state index contributed by atoms with van der Waals surface area (Å²) in [6.45, 7) is 5.90. The summed E-state index contributed by atoms with van der Waals surface area (Å²) in [5.74, 6) is -0.378. The molecule has 2 rings (SSSR count). The van der Waals surface area contributed by atoms with Gasteiger partial charge in [0.25, 0.3) is 5.91 Å². The molecule has 0 unspecified atom stereocenters. The number of esters is 1. The summed E-state index contributed by atoms with van der Waals surface area (Å²) in [6.07, 6.45) is 0.0134. The van der Waals surface area contributed by atoms with E-state index in [1.807, 2.05) is 31.2 Å². The van der Waals surface area contributed by atoms with Crippen LogP contribution in [0.3, 0.4) is 0 Å². The molecular formula is C22H28N2O6S. The smallest absolute Gasteiger partial charge is 0.309 e. The molecule has 2 aromatic rings. The number of ether oxygens (including phenoxy) is 2. The molecule has 0 aliphatic carbocycles. The lowest BCUT2D eigenvalue weighted by atomic mass is 10.2. The Morgan fingerprint density at radius 3 is 2.26 bits per heavy atom. The fraction of sp³-hybridized carbons (Fsp3) is 0.364. The van der Waals surface area contributed by atoms with E-state index in [4.69, 9.17) is 9.47 Å². The van der Waals surface area contributed by atoms with Crippen LogP contribution in [0.4, 0.5) is 5.69 Å². The van der Waals surface area contributed by atoms with E-state index < -0.39 is 28.5 Å². The topological polar surface area (TPSA) is 102 Å². The van der Waals surface area contributed by atoms with Crippen LogP contribution in [-0.2, 0) is 24.3 Å². The van der Waals surface area contributed by atoms with Crippen LogP contribution in [-0.4, -0.2) is 50.9 Å². The molecule has 0 spiro atoms. The number of anilines is 1. The van der Waals surface area contributed by atoms with E-state index in [2.05, 4.69) is 5.32 Å². The van der Waals surface area contributed by atoms with Gasteiger partial charge in [-0.15, -0.1) is 0 Å². The van der Waals surface area contributed by atoms with Gasteiger partial charge in [0.2, 0.25) is 10.0 Å². The van der Waals surface area contributed by atoms with Crippen molar-refractivity contribution in [2.45, 2.75) is 32.1 Å². The number of benzene rings is 2. The van der Waals surface area contributed by atoms with Crippen LogP contribution >= 0.6 is 0 Å². The second kappa shape index (κ2) is 11.5. The lowest BCUT2D eigenvalue weighted by molar-refractivity contribution is -0.147. The number of para-hydroxylation sites is 1. The first kappa shape index (κ1) is 24.4. The molecule has 1 amide bonds. The molecule has 0 heterocycles. The number of nitrogens with zero attached hydrogens (tertiary/aromatic N) is 1. The Morgan fingerprint density at radius 1 is 1.00 bits per heavy atom. The predicted molar refractivity (Wildman–Crippen MR) is 117 cm³/mol. The first-order valence-corrected chi connectivity index (χ1v) is 11.5. The average Bonchev–Trinajstić information content (AvgIpc) is 2.75. The second-order valence-electron chi connectivity index (χ2n) is 6.69. The minimum Gasteiger partial charge on any atom is -0.493 e. The van der Waals surface area contributed by atoms with Gasteiger partial charge in [0.1, 0.15) is 5.75 Å². The molecule has 0 saturated heterocycles. The van der Waals surface area contributed by atoms with Crippen molar-refractivity contribution in [1.82, 2.24) is 4.31 Å². The highest BCUT2D eigenvalue weighted by atomic mass is 32.2. The molecular weight excluding hydrogens is 420 g/mol. The summed E-state index contributed by atoms with van der Waals surface area (Å²) in [5.41, 5.74) is 1.37. The number of amides is 1. The first-order valence-electron chi connectivity index (χ1n) is 10.0. The third kappa shape index (κ3) is 7.08. The van der Waals surface area contributed by atoms with E-state index >= 15 is 0 Å². The Hall–Kier alpha value is -2.91. The highest BCUT2D eigenvalue weighted by Gasteiger charge is 2.21. The fourth-order valence-electron chi connectivity index (χ4n) is 2.80. The molecule has 168 valence electrons. The molecule has 0 atom stereocenters. The number of carbonyl (C=O) groups is 2. The van der Waals surface area contributed by atoms with Crippen LogP contribution in [0.25, 0.3) is 0 Å². The van der Waals surface area contributed by atoms with Gasteiger partial charge >= 0.3 is 5.97 Å². The van der Waals surface area contributed by atoms with Gasteiger partial charge in [-0.25, -0.2) is 8.42 Å². The van der Waals surface area contributed by atoms with E-state index in [1.54, 1.807) is 13.8 Å². The van der Waals surface area contributed by atoms with E-state index in [-0.39, 0.29) is 17.9 Å². The highest BCUT2D eigenvalue weighted by molar-refractivity contribution is 7.89. The zero-order valence-electron chi connectivity index (χ0n) is 18.0. The lowest BCUT2D eigenvalue weighted by Crippen LogP contribution is -2.30. The standard InChI is InChI=1S/C22H28N2O6S/c1-4-24(5-2)31(27,28)19-12-10-18(11-13-19)23-21(25)16-30-22(26)14-15-29-20-9-7-6-8-17(20)3/h6-13H,4-5,14-16H2,1-3H3,(H,23,25). The Balaban J connectivity index is 1.78. The number of rotatable bonds is 11. The van der Waals surface area contributed by atoms with Crippen molar-refractivity contribution in [2.75, 3.05) is 31.6 Å². The van der Waals surface area contributed by atoms with Crippen LogP contribution in [0.5, 0.6) is 5.75 Å². The maximum atomic E-state index is 12.5. The summed E-state index contributed by atoms with van der Waals surface area (Å²) < 4.78 is 36.8. The predicted octanol–water partition coefficient (Wildman–Crippen LogP) is 2.98. The molecule has 31 heavy (non-hydrogen) atoms. The SMILES string of the molecule is CCN(CC)S(=O)(=O)c1ccc(NC(=O)COC(=O)CCOc2ccccc2C)cc1. The van der Waals surface area contributed by atoms with Gasteiger partial charge in [-0.2, -0.15) is 4.31 Å². The van der Waals surface area contributed by atoms with Gasteiger partial charge in [0.05, 0.1) is 17.9 Å². The third-order valence-electron chi connectivity index (χ3n) is 4.50. The molecule has 0 aromatic heterocycles. The molecule has 0 aliphatic heterocycles. The quantitative estimate of drug-likeness (QED) is 0.530. The van der Waals surface area contributed by atoms with Crippen LogP contribution in [0.2, 0.25) is 0 Å². The third-order valence-corrected chi connectivity index (χ3v) is 6.57. The molecule has 0 aliphatic rings. The van der Waals surface area contributed by atoms with E-state index in [1.165, 1.54) is 28.6 Å². The minimum absolute atomic E-state index is 0.0134. The van der Waals surface area contributed by atoms with E-state index in [0.717, 1.165) is 5.56 Å². The molecule has 9 heteroatoms. The van der Waals surface area contributed by atoms with Crippen molar-refractivity contribution in [1.29, 1.82) is 0 Å². The summed E-state index contributed by atoms with van der Waals surface area (Å²) >= 11 is 0. The van der Waals surface area contributed by atoms with Crippen molar-refractivity contribution in [3.8, 4) is 5.75 Å². The van der Waals surface area contributed by atoms with Crippen LogP contribution in [0, 0.1) is 6.92 Å². The van der Waals surface area contributed by atoms with E-state index in [9.17, 15) is 18.0 Å². The van der Waals surface area contributed by atoms with Crippen molar-refractivity contribution in [3.63, 3.8) is 0 Å². The Morgan fingerprint density at radius 2 is 1.65 bits per heavy atom. The molecule has 8 nitrogen and oxygen atoms in total. The zero-order chi connectivity index (χ0) is 22.9. The van der Waals surface area contributed by atoms with Gasteiger partial charge in [-0.3, -0.25) is 9.59 Å². The van der Waals surface area contributed by atoms with Gasteiger partial charge in [0.15, 0.2) is 6.61 Å². The number of hydrogen-bond donors (Lipinski definition) is 1. The Bertz CT molecular complexity index is 985. The number of aryl methyl sites for hydroxylation is 1. The van der Waals surface area contributed by atoms with Crippen LogP contribution in [0.1, 0.15) is 25.8 Å². The van der Waals surface area contributed by atoms with Crippen molar-refractivity contribution < 1.29 is 27.5 Å².